The highest BCUT2D eigenvalue weighted by atomic mass is 32.1. The highest BCUT2D eigenvalue weighted by Gasteiger charge is 2.48. The lowest BCUT2D eigenvalue weighted by molar-refractivity contribution is -0.0444. The van der Waals surface area contributed by atoms with Gasteiger partial charge >= 0.3 is 0 Å². The molecule has 4 heterocycles. The Hall–Kier alpha value is -1.51. The van der Waals surface area contributed by atoms with Crippen LogP contribution >= 0.6 is 11.5 Å². The fourth-order valence-corrected chi connectivity index (χ4v) is 4.14. The van der Waals surface area contributed by atoms with E-state index in [0.717, 1.165) is 55.8 Å². The number of aromatic nitrogens is 4. The van der Waals surface area contributed by atoms with Gasteiger partial charge in [-0.3, -0.25) is 4.68 Å². The molecule has 0 saturated carbocycles. The number of methoxy groups -OCH3 is 1. The molecule has 2 aromatic rings. The predicted octanol–water partition coefficient (Wildman–Crippen LogP) is 1.53. The maximum absolute atomic E-state index is 5.81. The molecule has 0 amide bonds. The Bertz CT molecular complexity index is 673. The van der Waals surface area contributed by atoms with Crippen molar-refractivity contribution in [2.24, 2.45) is 7.05 Å². The van der Waals surface area contributed by atoms with Gasteiger partial charge in [0.15, 0.2) is 0 Å². The number of aryl methyl sites for hydroxylation is 1. The molecule has 2 aromatic heterocycles. The highest BCUT2D eigenvalue weighted by molar-refractivity contribution is 7.09. The molecule has 2 aliphatic heterocycles. The lowest BCUT2D eigenvalue weighted by Crippen LogP contribution is -2.61. The van der Waals surface area contributed by atoms with Crippen LogP contribution in [-0.2, 0) is 22.1 Å². The number of ether oxygens (including phenoxy) is 2. The maximum Gasteiger partial charge on any atom is 0.205 e. The third kappa shape index (κ3) is 2.54. The van der Waals surface area contributed by atoms with Gasteiger partial charge in [0.1, 0.15) is 11.4 Å². The standard InChI is InChI=1S/C15H21N5O2S/c1-19-12(3-6-16-19)15(21-2)9-20(10-15)14-17-13(18-23-14)11-4-7-22-8-5-11/h3,6,11H,4-5,7-10H2,1-2H3. The number of hydrogen-bond donors (Lipinski definition) is 0. The van der Waals surface area contributed by atoms with Crippen molar-refractivity contribution in [1.29, 1.82) is 0 Å². The van der Waals surface area contributed by atoms with Gasteiger partial charge in [0.2, 0.25) is 5.13 Å². The molecule has 2 aliphatic rings. The summed E-state index contributed by atoms with van der Waals surface area (Å²) in [5.74, 6) is 1.42. The van der Waals surface area contributed by atoms with Crippen LogP contribution < -0.4 is 4.90 Å². The Balaban J connectivity index is 1.47. The van der Waals surface area contributed by atoms with Gasteiger partial charge in [0.05, 0.1) is 18.8 Å². The summed E-state index contributed by atoms with van der Waals surface area (Å²) >= 11 is 1.49. The minimum absolute atomic E-state index is 0.296. The van der Waals surface area contributed by atoms with E-state index in [9.17, 15) is 0 Å². The van der Waals surface area contributed by atoms with Crippen LogP contribution in [0, 0.1) is 0 Å². The zero-order valence-electron chi connectivity index (χ0n) is 13.4. The third-order valence-corrected chi connectivity index (χ3v) is 5.65. The van der Waals surface area contributed by atoms with Gasteiger partial charge in [-0.2, -0.15) is 9.47 Å². The number of hydrogen-bond acceptors (Lipinski definition) is 7. The minimum atomic E-state index is -0.296. The van der Waals surface area contributed by atoms with Gasteiger partial charge in [0, 0.05) is 51.0 Å². The maximum atomic E-state index is 5.81. The van der Waals surface area contributed by atoms with E-state index in [-0.39, 0.29) is 5.60 Å². The first-order chi connectivity index (χ1) is 11.2. The van der Waals surface area contributed by atoms with Gasteiger partial charge in [-0.1, -0.05) is 0 Å². The fourth-order valence-electron chi connectivity index (χ4n) is 3.40. The highest BCUT2D eigenvalue weighted by Crippen LogP contribution is 2.39. The van der Waals surface area contributed by atoms with Crippen molar-refractivity contribution in [1.82, 2.24) is 19.1 Å². The summed E-state index contributed by atoms with van der Waals surface area (Å²) in [6.45, 7) is 3.20. The molecule has 8 heteroatoms. The average molecular weight is 335 g/mol. The predicted molar refractivity (Wildman–Crippen MR) is 86.8 cm³/mol. The molecule has 4 rings (SSSR count). The van der Waals surface area contributed by atoms with Gasteiger partial charge < -0.3 is 14.4 Å². The van der Waals surface area contributed by atoms with Crippen molar-refractivity contribution < 1.29 is 9.47 Å². The van der Waals surface area contributed by atoms with Gasteiger partial charge in [-0.25, -0.2) is 4.98 Å². The zero-order valence-corrected chi connectivity index (χ0v) is 14.3. The molecule has 7 nitrogen and oxygen atoms in total. The van der Waals surface area contributed by atoms with E-state index in [2.05, 4.69) is 14.4 Å². The van der Waals surface area contributed by atoms with Crippen molar-refractivity contribution in [2.45, 2.75) is 24.4 Å². The molecule has 0 spiro atoms. The zero-order chi connectivity index (χ0) is 15.9. The van der Waals surface area contributed by atoms with Crippen LogP contribution in [0.1, 0.15) is 30.3 Å². The first-order valence-corrected chi connectivity index (χ1v) is 8.69. The summed E-state index contributed by atoms with van der Waals surface area (Å²) in [5, 5.41) is 5.24. The molecule has 0 N–H and O–H groups in total. The minimum Gasteiger partial charge on any atom is -0.381 e. The molecule has 124 valence electrons. The molecule has 0 unspecified atom stereocenters. The second-order valence-electron chi connectivity index (χ2n) is 6.22. The summed E-state index contributed by atoms with van der Waals surface area (Å²) in [6.07, 6.45) is 3.85. The van der Waals surface area contributed by atoms with Crippen LogP contribution in [0.4, 0.5) is 5.13 Å². The molecular weight excluding hydrogens is 314 g/mol. The van der Waals surface area contributed by atoms with E-state index in [1.807, 2.05) is 24.0 Å². The molecular formula is C15H21N5O2S. The van der Waals surface area contributed by atoms with Crippen LogP contribution in [-0.4, -0.2) is 52.6 Å². The molecule has 0 bridgehead atoms. The number of anilines is 1. The van der Waals surface area contributed by atoms with Crippen LogP contribution in [0.5, 0.6) is 0 Å². The SMILES string of the molecule is COC1(c2ccnn2C)CN(c2nc(C3CCOCC3)ns2)C1. The average Bonchev–Trinajstić information content (AvgIpc) is 3.18. The normalized spacial score (nSPS) is 21.4. The summed E-state index contributed by atoms with van der Waals surface area (Å²) in [7, 11) is 3.71. The number of nitrogens with zero attached hydrogens (tertiary/aromatic N) is 5. The van der Waals surface area contributed by atoms with Crippen molar-refractivity contribution in [3.63, 3.8) is 0 Å². The Morgan fingerprint density at radius 1 is 1.35 bits per heavy atom. The molecule has 2 fully saturated rings. The van der Waals surface area contributed by atoms with E-state index in [1.165, 1.54) is 11.5 Å². The second kappa shape index (κ2) is 5.85. The molecule has 0 atom stereocenters. The third-order valence-electron chi connectivity index (χ3n) is 4.86. The molecule has 0 aromatic carbocycles. The van der Waals surface area contributed by atoms with Crippen LogP contribution in [0.15, 0.2) is 12.3 Å². The fraction of sp³-hybridized carbons (Fsp3) is 0.667. The van der Waals surface area contributed by atoms with Crippen LogP contribution in [0.2, 0.25) is 0 Å². The molecule has 23 heavy (non-hydrogen) atoms. The smallest absolute Gasteiger partial charge is 0.205 e. The van der Waals surface area contributed by atoms with E-state index in [1.54, 1.807) is 7.11 Å². The van der Waals surface area contributed by atoms with Crippen molar-refractivity contribution >= 4 is 16.7 Å². The van der Waals surface area contributed by atoms with Crippen LogP contribution in [0.3, 0.4) is 0 Å². The van der Waals surface area contributed by atoms with Crippen molar-refractivity contribution in [2.75, 3.05) is 38.3 Å². The van der Waals surface area contributed by atoms with Crippen molar-refractivity contribution in [3.8, 4) is 0 Å². The summed E-state index contributed by atoms with van der Waals surface area (Å²) in [5.41, 5.74) is 0.806. The van der Waals surface area contributed by atoms with E-state index in [4.69, 9.17) is 14.5 Å². The largest absolute Gasteiger partial charge is 0.381 e. The van der Waals surface area contributed by atoms with E-state index in [0.29, 0.717) is 5.92 Å². The molecule has 0 radical (unpaired) electrons. The Morgan fingerprint density at radius 2 is 2.13 bits per heavy atom. The van der Waals surface area contributed by atoms with Crippen molar-refractivity contribution in [3.05, 3.63) is 23.8 Å². The topological polar surface area (TPSA) is 65.3 Å². The summed E-state index contributed by atoms with van der Waals surface area (Å²) in [4.78, 5) is 6.99. The Morgan fingerprint density at radius 3 is 2.78 bits per heavy atom. The van der Waals surface area contributed by atoms with Crippen LogP contribution in [0.25, 0.3) is 0 Å². The lowest BCUT2D eigenvalue weighted by Gasteiger charge is -2.48. The quantitative estimate of drug-likeness (QED) is 0.844. The van der Waals surface area contributed by atoms with Gasteiger partial charge in [-0.15, -0.1) is 0 Å². The van der Waals surface area contributed by atoms with Gasteiger partial charge in [-0.05, 0) is 18.9 Å². The number of rotatable bonds is 4. The first-order valence-electron chi connectivity index (χ1n) is 7.92. The summed E-state index contributed by atoms with van der Waals surface area (Å²) < 4.78 is 17.7. The van der Waals surface area contributed by atoms with E-state index < -0.39 is 0 Å². The Kier molecular flexibility index (Phi) is 3.82. The second-order valence-corrected chi connectivity index (χ2v) is 6.95. The first kappa shape index (κ1) is 15.0. The van der Waals surface area contributed by atoms with Gasteiger partial charge in [0.25, 0.3) is 0 Å². The lowest BCUT2D eigenvalue weighted by atomic mass is 9.90. The van der Waals surface area contributed by atoms with E-state index >= 15 is 0 Å². The summed E-state index contributed by atoms with van der Waals surface area (Å²) in [6, 6.07) is 2.02. The monoisotopic (exact) mass is 335 g/mol. The Labute approximate surface area is 139 Å². The molecule has 2 saturated heterocycles. The molecule has 0 aliphatic carbocycles.